The van der Waals surface area contributed by atoms with E-state index in [4.69, 9.17) is 29.3 Å². The van der Waals surface area contributed by atoms with Gasteiger partial charge in [0.2, 0.25) is 0 Å². The molecule has 0 unspecified atom stereocenters. The number of rotatable bonds is 6. The number of carbonyl (C=O) groups is 3. The summed E-state index contributed by atoms with van der Waals surface area (Å²) in [5, 5.41) is 14.8. The van der Waals surface area contributed by atoms with E-state index in [0.29, 0.717) is 17.9 Å². The van der Waals surface area contributed by atoms with Crippen molar-refractivity contribution >= 4 is 17.9 Å². The van der Waals surface area contributed by atoms with Gasteiger partial charge in [-0.1, -0.05) is 12.1 Å². The summed E-state index contributed by atoms with van der Waals surface area (Å²) in [4.78, 5) is 34.6. The van der Waals surface area contributed by atoms with E-state index in [2.05, 4.69) is 16.8 Å². The van der Waals surface area contributed by atoms with E-state index >= 15 is 0 Å². The van der Waals surface area contributed by atoms with E-state index in [0.717, 1.165) is 39.1 Å². The van der Waals surface area contributed by atoms with Crippen LogP contribution in [0.2, 0.25) is 0 Å². The van der Waals surface area contributed by atoms with Gasteiger partial charge in [-0.2, -0.15) is 0 Å². The van der Waals surface area contributed by atoms with Gasteiger partial charge in [-0.25, -0.2) is 14.4 Å². The molecule has 2 N–H and O–H groups in total. The molecule has 0 atom stereocenters. The lowest BCUT2D eigenvalue weighted by atomic mass is 10.2. The highest BCUT2D eigenvalue weighted by Crippen LogP contribution is 2.19. The number of nitrogens with zero attached hydrogens (tertiary/aromatic N) is 2. The molecule has 9 nitrogen and oxygen atoms in total. The molecular weight excluding hydrogens is 356 g/mol. The highest BCUT2D eigenvalue weighted by Gasteiger charge is 2.14. The molecule has 9 heteroatoms. The molecule has 1 fully saturated rings. The lowest BCUT2D eigenvalue weighted by molar-refractivity contribution is -0.159. The number of carbonyl (C=O) groups excluding carboxylic acids is 1. The molecule has 0 saturated carbocycles. The third-order valence-corrected chi connectivity index (χ3v) is 3.95. The van der Waals surface area contributed by atoms with Crippen molar-refractivity contribution in [2.24, 2.45) is 0 Å². The fourth-order valence-corrected chi connectivity index (χ4v) is 2.41. The van der Waals surface area contributed by atoms with Gasteiger partial charge in [0.05, 0.1) is 13.7 Å². The molecule has 0 radical (unpaired) electrons. The summed E-state index contributed by atoms with van der Waals surface area (Å²) in [6, 6.07) is 7.20. The Labute approximate surface area is 158 Å². The van der Waals surface area contributed by atoms with Crippen molar-refractivity contribution in [2.75, 3.05) is 53.5 Å². The van der Waals surface area contributed by atoms with Gasteiger partial charge in [-0.15, -0.1) is 0 Å². The Kier molecular flexibility index (Phi) is 9.84. The number of para-hydroxylation sites is 1. The summed E-state index contributed by atoms with van der Waals surface area (Å²) in [5.41, 5.74) is 0.486. The molecule has 0 aliphatic carbocycles. The maximum absolute atomic E-state index is 11.6. The second-order valence-electron chi connectivity index (χ2n) is 5.94. The number of piperazine rings is 1. The molecule has 0 amide bonds. The van der Waals surface area contributed by atoms with Crippen LogP contribution < -0.4 is 4.74 Å². The average molecular weight is 382 g/mol. The first-order chi connectivity index (χ1) is 12.8. The van der Waals surface area contributed by atoms with E-state index in [1.54, 1.807) is 6.07 Å². The van der Waals surface area contributed by atoms with Crippen molar-refractivity contribution in [3.05, 3.63) is 29.8 Å². The first-order valence-electron chi connectivity index (χ1n) is 8.52. The molecule has 1 aliphatic rings. The number of benzene rings is 1. The van der Waals surface area contributed by atoms with E-state index in [9.17, 15) is 4.79 Å². The average Bonchev–Trinajstić information content (AvgIpc) is 2.66. The summed E-state index contributed by atoms with van der Waals surface area (Å²) in [6.07, 6.45) is 0.958. The first-order valence-corrected chi connectivity index (χ1v) is 8.52. The lowest BCUT2D eigenvalue weighted by Crippen LogP contribution is -2.44. The largest absolute Gasteiger partial charge is 0.493 e. The Balaban J connectivity index is 0.000000527. The molecule has 0 spiro atoms. The second kappa shape index (κ2) is 11.9. The molecular formula is C18H26N2O7. The molecule has 0 aromatic heterocycles. The number of hydrogen-bond acceptors (Lipinski definition) is 7. The maximum atomic E-state index is 11.6. The van der Waals surface area contributed by atoms with Crippen LogP contribution in [0.15, 0.2) is 24.3 Å². The SMILES string of the molecule is COC(=O)c1ccccc1OCCCN1CCN(C)CC1.O=C(O)C(=O)O. The molecule has 1 heterocycles. The van der Waals surface area contributed by atoms with Crippen LogP contribution >= 0.6 is 0 Å². The van der Waals surface area contributed by atoms with Crippen molar-refractivity contribution in [2.45, 2.75) is 6.42 Å². The molecule has 27 heavy (non-hydrogen) atoms. The number of aliphatic carboxylic acids is 2. The van der Waals surface area contributed by atoms with Crippen LogP contribution in [0.5, 0.6) is 5.75 Å². The smallest absolute Gasteiger partial charge is 0.414 e. The maximum Gasteiger partial charge on any atom is 0.414 e. The van der Waals surface area contributed by atoms with Crippen LogP contribution in [0, 0.1) is 0 Å². The van der Waals surface area contributed by atoms with Gasteiger partial charge in [0.1, 0.15) is 11.3 Å². The summed E-state index contributed by atoms with van der Waals surface area (Å²) in [6.45, 7) is 6.15. The number of ether oxygens (including phenoxy) is 2. The number of likely N-dealkylation sites (N-methyl/N-ethyl adjacent to an activating group) is 1. The van der Waals surface area contributed by atoms with Crippen molar-refractivity contribution in [1.29, 1.82) is 0 Å². The van der Waals surface area contributed by atoms with Crippen LogP contribution in [0.25, 0.3) is 0 Å². The first kappa shape index (κ1) is 22.4. The Morgan fingerprint density at radius 2 is 1.63 bits per heavy atom. The van der Waals surface area contributed by atoms with Crippen LogP contribution in [-0.4, -0.2) is 91.4 Å². The fraction of sp³-hybridized carbons (Fsp3) is 0.500. The highest BCUT2D eigenvalue weighted by molar-refractivity contribution is 6.27. The van der Waals surface area contributed by atoms with Gasteiger partial charge in [0.15, 0.2) is 0 Å². The molecule has 1 saturated heterocycles. The summed E-state index contributed by atoms with van der Waals surface area (Å²) >= 11 is 0. The Bertz CT molecular complexity index is 616. The van der Waals surface area contributed by atoms with Crippen LogP contribution in [0.3, 0.4) is 0 Å². The Morgan fingerprint density at radius 3 is 2.19 bits per heavy atom. The van der Waals surface area contributed by atoms with Crippen molar-refractivity contribution in [1.82, 2.24) is 9.80 Å². The molecule has 150 valence electrons. The third-order valence-electron chi connectivity index (χ3n) is 3.95. The van der Waals surface area contributed by atoms with E-state index in [1.165, 1.54) is 7.11 Å². The molecule has 2 rings (SSSR count). The quantitative estimate of drug-likeness (QED) is 0.415. The lowest BCUT2D eigenvalue weighted by Gasteiger charge is -2.32. The highest BCUT2D eigenvalue weighted by atomic mass is 16.5. The third kappa shape index (κ3) is 8.52. The number of esters is 1. The number of carboxylic acid groups (broad SMARTS) is 2. The van der Waals surface area contributed by atoms with E-state index in [1.807, 2.05) is 18.2 Å². The Morgan fingerprint density at radius 1 is 1.04 bits per heavy atom. The van der Waals surface area contributed by atoms with Gasteiger partial charge in [0, 0.05) is 32.7 Å². The van der Waals surface area contributed by atoms with E-state index in [-0.39, 0.29) is 5.97 Å². The van der Waals surface area contributed by atoms with Gasteiger partial charge < -0.3 is 29.5 Å². The zero-order chi connectivity index (χ0) is 20.2. The fourth-order valence-electron chi connectivity index (χ4n) is 2.41. The minimum Gasteiger partial charge on any atom is -0.493 e. The predicted octanol–water partition coefficient (Wildman–Crippen LogP) is 0.645. The van der Waals surface area contributed by atoms with Crippen molar-refractivity contribution < 1.29 is 34.1 Å². The predicted molar refractivity (Wildman–Crippen MR) is 97.1 cm³/mol. The molecule has 1 aromatic carbocycles. The minimum absolute atomic E-state index is 0.357. The zero-order valence-electron chi connectivity index (χ0n) is 15.6. The monoisotopic (exact) mass is 382 g/mol. The van der Waals surface area contributed by atoms with Gasteiger partial charge in [-0.3, -0.25) is 0 Å². The molecule has 0 bridgehead atoms. The second-order valence-corrected chi connectivity index (χ2v) is 5.94. The van der Waals surface area contributed by atoms with Gasteiger partial charge in [-0.05, 0) is 25.6 Å². The van der Waals surface area contributed by atoms with Crippen molar-refractivity contribution in [3.63, 3.8) is 0 Å². The van der Waals surface area contributed by atoms with Crippen LogP contribution in [0.4, 0.5) is 0 Å². The van der Waals surface area contributed by atoms with Crippen LogP contribution in [-0.2, 0) is 14.3 Å². The standard InChI is InChI=1S/C16H24N2O3.C2H2O4/c1-17-9-11-18(12-10-17)8-5-13-21-15-7-4-3-6-14(15)16(19)20-2;3-1(4)2(5)6/h3-4,6-7H,5,8-13H2,1-2H3;(H,3,4)(H,5,6). The molecule has 1 aromatic rings. The number of carboxylic acids is 2. The summed E-state index contributed by atoms with van der Waals surface area (Å²) in [7, 11) is 3.54. The topological polar surface area (TPSA) is 117 Å². The van der Waals surface area contributed by atoms with E-state index < -0.39 is 11.9 Å². The van der Waals surface area contributed by atoms with Crippen LogP contribution in [0.1, 0.15) is 16.8 Å². The van der Waals surface area contributed by atoms with Gasteiger partial charge in [0.25, 0.3) is 0 Å². The minimum atomic E-state index is -1.82. The number of hydrogen-bond donors (Lipinski definition) is 2. The van der Waals surface area contributed by atoms with Crippen molar-refractivity contribution in [3.8, 4) is 5.75 Å². The van der Waals surface area contributed by atoms with Gasteiger partial charge >= 0.3 is 17.9 Å². The number of methoxy groups -OCH3 is 1. The molecule has 1 aliphatic heterocycles. The Hall–Kier alpha value is -2.65. The summed E-state index contributed by atoms with van der Waals surface area (Å²) < 4.78 is 10.5. The normalized spacial score (nSPS) is 14.6. The zero-order valence-corrected chi connectivity index (χ0v) is 15.6. The summed E-state index contributed by atoms with van der Waals surface area (Å²) in [5.74, 6) is -3.41.